The first-order chi connectivity index (χ1) is 6.27. The third-order valence-corrected chi connectivity index (χ3v) is 1.78. The van der Waals surface area contributed by atoms with Gasteiger partial charge >= 0.3 is 0 Å². The van der Waals surface area contributed by atoms with Gasteiger partial charge in [0.05, 0.1) is 10.8 Å². The minimum absolute atomic E-state index is 0.137. The van der Waals surface area contributed by atoms with Gasteiger partial charge in [0.2, 0.25) is 0 Å². The molecule has 13 heavy (non-hydrogen) atoms. The molecule has 0 aliphatic heterocycles. The van der Waals surface area contributed by atoms with Crippen LogP contribution in [0.3, 0.4) is 0 Å². The Balaban J connectivity index is 2.93. The number of carbonyl (C=O) groups is 1. The van der Waals surface area contributed by atoms with E-state index in [2.05, 4.69) is 22.4 Å². The Labute approximate surface area is 82.3 Å². The van der Waals surface area contributed by atoms with Crippen LogP contribution in [0.5, 0.6) is 0 Å². The van der Waals surface area contributed by atoms with Crippen molar-refractivity contribution in [2.75, 3.05) is 0 Å². The van der Waals surface area contributed by atoms with Gasteiger partial charge in [-0.2, -0.15) is 4.99 Å². The molecular weight excluding hydrogens is 182 g/mol. The van der Waals surface area contributed by atoms with Gasteiger partial charge in [0.15, 0.2) is 5.78 Å². The number of rotatable bonds is 3. The van der Waals surface area contributed by atoms with Crippen molar-refractivity contribution in [3.05, 3.63) is 29.8 Å². The van der Waals surface area contributed by atoms with Gasteiger partial charge in [-0.05, 0) is 36.5 Å². The molecule has 0 amide bonds. The molecule has 0 aliphatic rings. The van der Waals surface area contributed by atoms with Gasteiger partial charge < -0.3 is 0 Å². The number of isothiocyanates is 1. The zero-order valence-corrected chi connectivity index (χ0v) is 8.10. The fourth-order valence-corrected chi connectivity index (χ4v) is 1.08. The fraction of sp³-hybridized carbons (Fsp3) is 0.200. The maximum absolute atomic E-state index is 11.2. The van der Waals surface area contributed by atoms with Crippen molar-refractivity contribution >= 4 is 28.8 Å². The van der Waals surface area contributed by atoms with Crippen LogP contribution >= 0.6 is 12.2 Å². The molecule has 0 aromatic heterocycles. The van der Waals surface area contributed by atoms with Gasteiger partial charge in [-0.1, -0.05) is 6.92 Å². The van der Waals surface area contributed by atoms with Crippen molar-refractivity contribution in [3.8, 4) is 0 Å². The minimum atomic E-state index is 0.137. The van der Waals surface area contributed by atoms with Crippen LogP contribution in [0, 0.1) is 0 Å². The number of benzene rings is 1. The molecule has 0 spiro atoms. The molecule has 0 fully saturated rings. The smallest absolute Gasteiger partial charge is 0.162 e. The second-order valence-corrected chi connectivity index (χ2v) is 2.71. The number of aliphatic imine (C=N–C) groups is 1. The normalized spacial score (nSPS) is 9.00. The lowest BCUT2D eigenvalue weighted by molar-refractivity contribution is 0.0988. The third kappa shape index (κ3) is 2.58. The topological polar surface area (TPSA) is 29.4 Å². The maximum atomic E-state index is 11.2. The molecule has 1 aromatic carbocycles. The molecule has 0 N–H and O–H groups in total. The van der Waals surface area contributed by atoms with E-state index in [1.807, 2.05) is 6.92 Å². The molecular formula is C10H9NOS. The molecule has 0 aliphatic carbocycles. The van der Waals surface area contributed by atoms with Crippen LogP contribution in [0.25, 0.3) is 0 Å². The number of carbonyl (C=O) groups excluding carboxylic acids is 1. The van der Waals surface area contributed by atoms with Gasteiger partial charge in [-0.3, -0.25) is 4.79 Å². The summed E-state index contributed by atoms with van der Waals surface area (Å²) in [5.41, 5.74) is 1.44. The van der Waals surface area contributed by atoms with Gasteiger partial charge in [-0.15, -0.1) is 0 Å². The fourth-order valence-electron chi connectivity index (χ4n) is 0.979. The van der Waals surface area contributed by atoms with E-state index in [0.29, 0.717) is 12.0 Å². The molecule has 1 rings (SSSR count). The van der Waals surface area contributed by atoms with Crippen molar-refractivity contribution in [2.24, 2.45) is 4.99 Å². The average Bonchev–Trinajstić information content (AvgIpc) is 2.18. The standard InChI is InChI=1S/C10H9NOS/c1-2-10(12)8-3-5-9(6-4-8)11-7-13/h3-6H,2H2,1H3. The van der Waals surface area contributed by atoms with Crippen molar-refractivity contribution in [1.29, 1.82) is 0 Å². The van der Waals surface area contributed by atoms with Crippen LogP contribution in [0.1, 0.15) is 23.7 Å². The zero-order valence-electron chi connectivity index (χ0n) is 7.28. The summed E-state index contributed by atoms with van der Waals surface area (Å²) in [4.78, 5) is 15.0. The third-order valence-electron chi connectivity index (χ3n) is 1.69. The summed E-state index contributed by atoms with van der Waals surface area (Å²) in [6.07, 6.45) is 0.524. The summed E-state index contributed by atoms with van der Waals surface area (Å²) < 4.78 is 0. The second-order valence-electron chi connectivity index (χ2n) is 2.53. The maximum Gasteiger partial charge on any atom is 0.162 e. The molecule has 0 saturated heterocycles. The molecule has 1 aromatic rings. The van der Waals surface area contributed by atoms with Crippen molar-refractivity contribution in [1.82, 2.24) is 0 Å². The summed E-state index contributed by atoms with van der Waals surface area (Å²) >= 11 is 4.46. The predicted octanol–water partition coefficient (Wildman–Crippen LogP) is 3.01. The quantitative estimate of drug-likeness (QED) is 0.417. The number of hydrogen-bond acceptors (Lipinski definition) is 3. The van der Waals surface area contributed by atoms with E-state index >= 15 is 0 Å². The Hall–Kier alpha value is -1.31. The highest BCUT2D eigenvalue weighted by Crippen LogP contribution is 2.13. The first kappa shape index (κ1) is 9.78. The van der Waals surface area contributed by atoms with E-state index in [9.17, 15) is 4.79 Å². The summed E-state index contributed by atoms with van der Waals surface area (Å²) in [6, 6.07) is 7.00. The summed E-state index contributed by atoms with van der Waals surface area (Å²) in [7, 11) is 0. The molecule has 0 saturated carbocycles. The highest BCUT2D eigenvalue weighted by Gasteiger charge is 2.01. The Morgan fingerprint density at radius 2 is 2.08 bits per heavy atom. The summed E-state index contributed by atoms with van der Waals surface area (Å²) in [5.74, 6) is 0.137. The molecule has 0 radical (unpaired) electrons. The van der Waals surface area contributed by atoms with Gasteiger partial charge in [-0.25, -0.2) is 0 Å². The second kappa shape index (κ2) is 4.65. The summed E-state index contributed by atoms with van der Waals surface area (Å²) in [5, 5.41) is 2.27. The van der Waals surface area contributed by atoms with E-state index in [1.165, 1.54) is 0 Å². The van der Waals surface area contributed by atoms with Crippen molar-refractivity contribution < 1.29 is 4.79 Å². The van der Waals surface area contributed by atoms with Gasteiger partial charge in [0.25, 0.3) is 0 Å². The van der Waals surface area contributed by atoms with Gasteiger partial charge in [0.1, 0.15) is 0 Å². The van der Waals surface area contributed by atoms with E-state index in [4.69, 9.17) is 0 Å². The van der Waals surface area contributed by atoms with E-state index in [-0.39, 0.29) is 5.78 Å². The van der Waals surface area contributed by atoms with Crippen LogP contribution in [0.4, 0.5) is 5.69 Å². The average molecular weight is 191 g/mol. The van der Waals surface area contributed by atoms with E-state index in [0.717, 1.165) is 5.69 Å². The van der Waals surface area contributed by atoms with Crippen LogP contribution < -0.4 is 0 Å². The Morgan fingerprint density at radius 3 is 2.54 bits per heavy atom. The van der Waals surface area contributed by atoms with Gasteiger partial charge in [0, 0.05) is 12.0 Å². The molecule has 0 bridgehead atoms. The molecule has 3 heteroatoms. The first-order valence-corrected chi connectivity index (χ1v) is 4.40. The number of ketones is 1. The lowest BCUT2D eigenvalue weighted by Crippen LogP contribution is -1.94. The lowest BCUT2D eigenvalue weighted by Gasteiger charge is -1.96. The number of Topliss-reactive ketones (excluding diaryl/α,β-unsaturated/α-hetero) is 1. The Kier molecular flexibility index (Phi) is 3.50. The Morgan fingerprint density at radius 1 is 1.46 bits per heavy atom. The summed E-state index contributed by atoms with van der Waals surface area (Å²) in [6.45, 7) is 1.84. The first-order valence-electron chi connectivity index (χ1n) is 3.99. The highest BCUT2D eigenvalue weighted by atomic mass is 32.1. The Bertz CT molecular complexity index is 350. The number of thiocarbonyl (C=S) groups is 1. The number of hydrogen-bond donors (Lipinski definition) is 0. The number of nitrogens with zero attached hydrogens (tertiary/aromatic N) is 1. The molecule has 2 nitrogen and oxygen atoms in total. The molecule has 0 heterocycles. The van der Waals surface area contributed by atoms with Crippen molar-refractivity contribution in [2.45, 2.75) is 13.3 Å². The van der Waals surface area contributed by atoms with Crippen molar-refractivity contribution in [3.63, 3.8) is 0 Å². The zero-order chi connectivity index (χ0) is 9.68. The van der Waals surface area contributed by atoms with Crippen LogP contribution in [-0.4, -0.2) is 10.9 Å². The van der Waals surface area contributed by atoms with Crippen LogP contribution in [0.15, 0.2) is 29.3 Å². The molecule has 0 atom stereocenters. The van der Waals surface area contributed by atoms with Crippen LogP contribution in [0.2, 0.25) is 0 Å². The monoisotopic (exact) mass is 191 g/mol. The lowest BCUT2D eigenvalue weighted by atomic mass is 10.1. The van der Waals surface area contributed by atoms with Crippen LogP contribution in [-0.2, 0) is 0 Å². The largest absolute Gasteiger partial charge is 0.294 e. The predicted molar refractivity (Wildman–Crippen MR) is 55.7 cm³/mol. The van der Waals surface area contributed by atoms with E-state index < -0.39 is 0 Å². The SMILES string of the molecule is CCC(=O)c1ccc(N=C=S)cc1. The molecule has 0 unspecified atom stereocenters. The highest BCUT2D eigenvalue weighted by molar-refractivity contribution is 7.78. The minimum Gasteiger partial charge on any atom is -0.294 e. The van der Waals surface area contributed by atoms with E-state index in [1.54, 1.807) is 24.3 Å². The molecule has 66 valence electrons.